The molecule has 0 spiro atoms. The number of methoxy groups -OCH3 is 1. The first-order valence-corrected chi connectivity index (χ1v) is 15.7. The quantitative estimate of drug-likeness (QED) is 0.440. The van der Waals surface area contributed by atoms with Gasteiger partial charge in [-0.1, -0.05) is 0 Å². The summed E-state index contributed by atoms with van der Waals surface area (Å²) in [5.74, 6) is -1.92. The van der Waals surface area contributed by atoms with E-state index in [2.05, 4.69) is 28.9 Å². The lowest BCUT2D eigenvalue weighted by molar-refractivity contribution is -0.138. The minimum Gasteiger partial charge on any atom is -0.381 e. The van der Waals surface area contributed by atoms with Gasteiger partial charge in [0.25, 0.3) is 0 Å². The Balaban J connectivity index is 1.15. The minimum atomic E-state index is -2.69. The van der Waals surface area contributed by atoms with E-state index in [1.807, 2.05) is 0 Å². The molecule has 2 aliphatic carbocycles. The summed E-state index contributed by atoms with van der Waals surface area (Å²) in [6, 6.07) is 2.72. The molecule has 0 aromatic heterocycles. The summed E-state index contributed by atoms with van der Waals surface area (Å²) >= 11 is 1.59. The number of carbonyl (C=O) groups is 2. The Bertz CT molecular complexity index is 958. The molecular formula is C28H42F3N5O3S. The Hall–Kier alpha value is -1.55. The summed E-state index contributed by atoms with van der Waals surface area (Å²) in [6.07, 6.45) is -0.790. The van der Waals surface area contributed by atoms with Gasteiger partial charge in [0.05, 0.1) is 24.0 Å². The van der Waals surface area contributed by atoms with E-state index in [4.69, 9.17) is 4.74 Å². The van der Waals surface area contributed by atoms with Crippen molar-refractivity contribution in [1.82, 2.24) is 20.9 Å². The fourth-order valence-electron chi connectivity index (χ4n) is 7.81. The molecule has 3 aliphatic heterocycles. The zero-order valence-electron chi connectivity index (χ0n) is 23.2. The molecular weight excluding hydrogens is 543 g/mol. The molecule has 12 heteroatoms. The third-order valence-corrected chi connectivity index (χ3v) is 11.4. The Morgan fingerprint density at radius 2 is 1.93 bits per heavy atom. The van der Waals surface area contributed by atoms with Crippen LogP contribution in [-0.4, -0.2) is 85.0 Å². The molecule has 8 nitrogen and oxygen atoms in total. The van der Waals surface area contributed by atoms with E-state index in [1.54, 1.807) is 23.8 Å². The van der Waals surface area contributed by atoms with Gasteiger partial charge in [-0.2, -0.15) is 5.26 Å². The van der Waals surface area contributed by atoms with Gasteiger partial charge in [0, 0.05) is 55.9 Å². The van der Waals surface area contributed by atoms with Crippen molar-refractivity contribution >= 4 is 23.6 Å². The molecule has 12 unspecified atom stereocenters. The van der Waals surface area contributed by atoms with Gasteiger partial charge in [-0.3, -0.25) is 14.9 Å². The van der Waals surface area contributed by atoms with Crippen LogP contribution in [0.15, 0.2) is 0 Å². The summed E-state index contributed by atoms with van der Waals surface area (Å²) in [4.78, 5) is 28.4. The number of amides is 2. The van der Waals surface area contributed by atoms with E-state index in [9.17, 15) is 28.0 Å². The first-order valence-electron chi connectivity index (χ1n) is 14.8. The smallest absolute Gasteiger partial charge is 0.244 e. The second-order valence-corrected chi connectivity index (χ2v) is 13.8. The first kappa shape index (κ1) is 29.9. The van der Waals surface area contributed by atoms with Gasteiger partial charge >= 0.3 is 0 Å². The molecule has 0 aromatic carbocycles. The van der Waals surface area contributed by atoms with Gasteiger partial charge < -0.3 is 20.3 Å². The van der Waals surface area contributed by atoms with Gasteiger partial charge in [0.1, 0.15) is 11.7 Å². The number of thioether (sulfide) groups is 1. The highest BCUT2D eigenvalue weighted by Crippen LogP contribution is 2.42. The van der Waals surface area contributed by atoms with Crippen molar-refractivity contribution in [3.63, 3.8) is 0 Å². The predicted octanol–water partition coefficient (Wildman–Crippen LogP) is 2.89. The molecule has 0 aromatic rings. The van der Waals surface area contributed by atoms with E-state index in [1.165, 1.54) is 0 Å². The highest BCUT2D eigenvalue weighted by atomic mass is 32.2. The Morgan fingerprint density at radius 1 is 1.12 bits per heavy atom. The Kier molecular flexibility index (Phi) is 9.54. The summed E-state index contributed by atoms with van der Waals surface area (Å²) < 4.78 is 46.1. The van der Waals surface area contributed by atoms with Crippen LogP contribution in [0.2, 0.25) is 0 Å². The number of fused-ring (bicyclic) bond motifs is 1. The molecule has 0 bridgehead atoms. The second-order valence-electron chi connectivity index (χ2n) is 12.5. The van der Waals surface area contributed by atoms with Crippen LogP contribution in [0.3, 0.4) is 0 Å². The average Bonchev–Trinajstić information content (AvgIpc) is 3.50. The largest absolute Gasteiger partial charge is 0.381 e. The van der Waals surface area contributed by atoms with Crippen molar-refractivity contribution in [1.29, 1.82) is 5.26 Å². The number of likely N-dealkylation sites (tertiary alicyclic amines) is 1. The average molecular weight is 586 g/mol. The third kappa shape index (κ3) is 6.27. The topological polar surface area (TPSA) is 106 Å². The number of alkyl halides is 3. The fraction of sp³-hybridized carbons (Fsp3) is 0.893. The number of piperidine rings is 1. The maximum atomic E-state index is 14.3. The van der Waals surface area contributed by atoms with Crippen molar-refractivity contribution in [2.75, 3.05) is 26.7 Å². The third-order valence-electron chi connectivity index (χ3n) is 10.1. The Labute approximate surface area is 238 Å². The molecule has 5 rings (SSSR count). The normalized spacial score (nSPS) is 43.8. The molecule has 3 heterocycles. The number of rotatable bonds is 6. The van der Waals surface area contributed by atoms with Crippen molar-refractivity contribution < 1.29 is 27.5 Å². The van der Waals surface area contributed by atoms with Crippen LogP contribution in [0.25, 0.3) is 0 Å². The highest BCUT2D eigenvalue weighted by Gasteiger charge is 2.48. The molecule has 224 valence electrons. The van der Waals surface area contributed by atoms with Gasteiger partial charge in [0.2, 0.25) is 18.2 Å². The van der Waals surface area contributed by atoms with Crippen LogP contribution in [0.4, 0.5) is 13.2 Å². The van der Waals surface area contributed by atoms with Crippen LogP contribution >= 0.6 is 11.8 Å². The van der Waals surface area contributed by atoms with Gasteiger partial charge in [0.15, 0.2) is 0 Å². The standard InChI is InChI=1S/C28H42F3N5O3S/c1-14-7-18(19-8-15(10-32)3-6-23(19)39-2)20(11-33-14)26(37)35-28-34-22-12-36(13-24(22)40-28)27(38)16-4-5-17(25(30)31)21(29)9-16/h14-25,28,33-34H,3-9,11-13H2,1-2H3,(H,35,37). The lowest BCUT2D eigenvalue weighted by Crippen LogP contribution is -2.55. The van der Waals surface area contributed by atoms with Gasteiger partial charge in [-0.15, -0.1) is 11.8 Å². The minimum absolute atomic E-state index is 0.00229. The zero-order valence-corrected chi connectivity index (χ0v) is 24.1. The maximum absolute atomic E-state index is 14.3. The number of hydrogen-bond donors (Lipinski definition) is 3. The monoisotopic (exact) mass is 585 g/mol. The van der Waals surface area contributed by atoms with E-state index < -0.39 is 24.4 Å². The molecule has 3 saturated heterocycles. The summed E-state index contributed by atoms with van der Waals surface area (Å²) in [6.45, 7) is 3.68. The molecule has 2 amide bonds. The lowest BCUT2D eigenvalue weighted by Gasteiger charge is -2.44. The van der Waals surface area contributed by atoms with Crippen LogP contribution in [-0.2, 0) is 14.3 Å². The van der Waals surface area contributed by atoms with Gasteiger partial charge in [-0.05, 0) is 63.7 Å². The highest BCUT2D eigenvalue weighted by molar-refractivity contribution is 8.00. The van der Waals surface area contributed by atoms with E-state index in [-0.39, 0.29) is 77.3 Å². The SMILES string of the molecule is COC1CCC(C#N)CC1C1CC(C)NCC1C(=O)NC1NC2CN(C(=O)C3CCC(C(F)F)C(F)C3)CC2S1. The number of hydrogen-bond acceptors (Lipinski definition) is 7. The Morgan fingerprint density at radius 3 is 2.60 bits per heavy atom. The molecule has 12 atom stereocenters. The number of halogens is 3. The molecule has 0 radical (unpaired) electrons. The first-order chi connectivity index (χ1) is 19.2. The molecule has 3 N–H and O–H groups in total. The van der Waals surface area contributed by atoms with Crippen LogP contribution < -0.4 is 16.0 Å². The summed E-state index contributed by atoms with van der Waals surface area (Å²) in [7, 11) is 1.72. The van der Waals surface area contributed by atoms with Gasteiger partial charge in [-0.25, -0.2) is 13.2 Å². The maximum Gasteiger partial charge on any atom is 0.244 e. The fourth-order valence-corrected chi connectivity index (χ4v) is 9.22. The van der Waals surface area contributed by atoms with Crippen LogP contribution in [0.1, 0.15) is 51.9 Å². The van der Waals surface area contributed by atoms with Crippen molar-refractivity contribution in [3.05, 3.63) is 0 Å². The number of nitrogens with one attached hydrogen (secondary N) is 3. The second kappa shape index (κ2) is 12.8. The number of nitrogens with zero attached hydrogens (tertiary/aromatic N) is 2. The van der Waals surface area contributed by atoms with Crippen molar-refractivity contribution in [2.45, 2.75) is 93.4 Å². The summed E-state index contributed by atoms with van der Waals surface area (Å²) in [5.41, 5.74) is -0.270. The zero-order chi connectivity index (χ0) is 28.6. The van der Waals surface area contributed by atoms with Crippen molar-refractivity contribution in [3.8, 4) is 6.07 Å². The van der Waals surface area contributed by atoms with Crippen LogP contribution in [0, 0.1) is 46.8 Å². The predicted molar refractivity (Wildman–Crippen MR) is 145 cm³/mol. The number of carbonyl (C=O) groups excluding carboxylic acids is 2. The molecule has 5 fully saturated rings. The van der Waals surface area contributed by atoms with Crippen LogP contribution in [0.5, 0.6) is 0 Å². The summed E-state index contributed by atoms with van der Waals surface area (Å²) in [5, 5.41) is 19.8. The molecule has 40 heavy (non-hydrogen) atoms. The molecule has 2 saturated carbocycles. The van der Waals surface area contributed by atoms with E-state index >= 15 is 0 Å². The number of ether oxygens (including phenoxy) is 1. The number of nitriles is 1. The van der Waals surface area contributed by atoms with E-state index in [0.717, 1.165) is 25.7 Å². The molecule has 5 aliphatic rings. The van der Waals surface area contributed by atoms with Crippen molar-refractivity contribution in [2.24, 2.45) is 35.5 Å². The van der Waals surface area contributed by atoms with E-state index in [0.29, 0.717) is 26.1 Å². The lowest BCUT2D eigenvalue weighted by atomic mass is 9.66.